The lowest BCUT2D eigenvalue weighted by atomic mass is 9.94. The second-order valence-electron chi connectivity index (χ2n) is 6.14. The molecule has 0 atom stereocenters. The van der Waals surface area contributed by atoms with Gasteiger partial charge in [-0.05, 0) is 31.7 Å². The summed E-state index contributed by atoms with van der Waals surface area (Å²) in [6.07, 6.45) is 2.39. The Morgan fingerprint density at radius 2 is 1.95 bits per heavy atom. The molecule has 0 aromatic carbocycles. The maximum Gasteiger partial charge on any atom is 0.266 e. The highest BCUT2D eigenvalue weighted by atomic mass is 16.5. The summed E-state index contributed by atoms with van der Waals surface area (Å²) in [5, 5.41) is 4.30. The van der Waals surface area contributed by atoms with Gasteiger partial charge in [-0.3, -0.25) is 4.79 Å². The van der Waals surface area contributed by atoms with E-state index in [1.54, 1.807) is 16.8 Å². The van der Waals surface area contributed by atoms with Gasteiger partial charge in [-0.2, -0.15) is 5.10 Å². The Balaban J connectivity index is 1.46. The van der Waals surface area contributed by atoms with Gasteiger partial charge in [-0.25, -0.2) is 4.68 Å². The topological polar surface area (TPSA) is 47.4 Å². The van der Waals surface area contributed by atoms with E-state index in [4.69, 9.17) is 4.74 Å². The van der Waals surface area contributed by atoms with Crippen LogP contribution < -0.4 is 5.56 Å². The predicted molar refractivity (Wildman–Crippen MR) is 76.7 cm³/mol. The zero-order chi connectivity index (χ0) is 13.9. The number of rotatable bonds is 4. The van der Waals surface area contributed by atoms with Crippen molar-refractivity contribution in [2.75, 3.05) is 32.8 Å². The number of hydrogen-bond donors (Lipinski definition) is 0. The van der Waals surface area contributed by atoms with E-state index in [1.165, 1.54) is 19.4 Å². The predicted octanol–water partition coefficient (Wildman–Crippen LogP) is 0.910. The van der Waals surface area contributed by atoms with Crippen LogP contribution in [-0.2, 0) is 11.3 Å². The Hall–Kier alpha value is -1.20. The summed E-state index contributed by atoms with van der Waals surface area (Å²) in [6.45, 7) is 7.91. The molecule has 1 aromatic rings. The molecule has 3 heterocycles. The molecule has 110 valence electrons. The van der Waals surface area contributed by atoms with E-state index in [0.29, 0.717) is 5.92 Å². The standard InChI is InChI=1S/C15H23N3O2/c1-12-2-3-15(19)18(16-12)11-14-9-17(10-14)8-13-4-6-20-7-5-13/h2-3,13-14H,4-11H2,1H3. The van der Waals surface area contributed by atoms with Crippen molar-refractivity contribution in [3.63, 3.8) is 0 Å². The summed E-state index contributed by atoms with van der Waals surface area (Å²) in [6, 6.07) is 3.39. The van der Waals surface area contributed by atoms with E-state index in [9.17, 15) is 4.79 Å². The molecule has 20 heavy (non-hydrogen) atoms. The van der Waals surface area contributed by atoms with Gasteiger partial charge in [0.2, 0.25) is 0 Å². The number of likely N-dealkylation sites (tertiary alicyclic amines) is 1. The Bertz CT molecular complexity index is 502. The fourth-order valence-electron chi connectivity index (χ4n) is 3.16. The summed E-state index contributed by atoms with van der Waals surface area (Å²) in [7, 11) is 0. The zero-order valence-corrected chi connectivity index (χ0v) is 12.1. The number of nitrogens with zero attached hydrogens (tertiary/aromatic N) is 3. The highest BCUT2D eigenvalue weighted by Gasteiger charge is 2.29. The molecular weight excluding hydrogens is 254 g/mol. The fourth-order valence-corrected chi connectivity index (χ4v) is 3.16. The van der Waals surface area contributed by atoms with Crippen LogP contribution in [0.4, 0.5) is 0 Å². The van der Waals surface area contributed by atoms with E-state index >= 15 is 0 Å². The van der Waals surface area contributed by atoms with E-state index in [2.05, 4.69) is 10.00 Å². The lowest BCUT2D eigenvalue weighted by Crippen LogP contribution is -2.51. The highest BCUT2D eigenvalue weighted by Crippen LogP contribution is 2.22. The van der Waals surface area contributed by atoms with E-state index in [0.717, 1.165) is 44.5 Å². The maximum absolute atomic E-state index is 11.7. The first-order valence-electron chi connectivity index (χ1n) is 7.55. The van der Waals surface area contributed by atoms with Crippen LogP contribution in [0.25, 0.3) is 0 Å². The molecule has 0 N–H and O–H groups in total. The van der Waals surface area contributed by atoms with Gasteiger partial charge >= 0.3 is 0 Å². The van der Waals surface area contributed by atoms with Crippen molar-refractivity contribution in [1.82, 2.24) is 14.7 Å². The minimum Gasteiger partial charge on any atom is -0.381 e. The van der Waals surface area contributed by atoms with Crippen LogP contribution in [0, 0.1) is 18.8 Å². The number of aromatic nitrogens is 2. The average Bonchev–Trinajstić information content (AvgIpc) is 2.41. The second kappa shape index (κ2) is 6.06. The molecule has 0 aliphatic carbocycles. The molecule has 3 rings (SSSR count). The zero-order valence-electron chi connectivity index (χ0n) is 12.1. The van der Waals surface area contributed by atoms with Crippen molar-refractivity contribution >= 4 is 0 Å². The van der Waals surface area contributed by atoms with Gasteiger partial charge in [0.1, 0.15) is 0 Å². The Morgan fingerprint density at radius 3 is 2.70 bits per heavy atom. The second-order valence-corrected chi connectivity index (χ2v) is 6.14. The quantitative estimate of drug-likeness (QED) is 0.821. The molecular formula is C15H23N3O2. The van der Waals surface area contributed by atoms with Crippen LogP contribution in [0.3, 0.4) is 0 Å². The molecule has 2 aliphatic rings. The normalized spacial score (nSPS) is 21.9. The van der Waals surface area contributed by atoms with Gasteiger partial charge < -0.3 is 9.64 Å². The van der Waals surface area contributed by atoms with Crippen LogP contribution in [-0.4, -0.2) is 47.5 Å². The molecule has 0 saturated carbocycles. The molecule has 1 aromatic heterocycles. The van der Waals surface area contributed by atoms with Crippen molar-refractivity contribution in [1.29, 1.82) is 0 Å². The highest BCUT2D eigenvalue weighted by molar-refractivity contribution is 4.97. The van der Waals surface area contributed by atoms with Crippen molar-refractivity contribution in [3.8, 4) is 0 Å². The van der Waals surface area contributed by atoms with Crippen molar-refractivity contribution in [2.24, 2.45) is 11.8 Å². The number of aryl methyl sites for hydroxylation is 1. The van der Waals surface area contributed by atoms with Crippen LogP contribution in [0.1, 0.15) is 18.5 Å². The first kappa shape index (κ1) is 13.8. The SMILES string of the molecule is Cc1ccc(=O)n(CC2CN(CC3CCOCC3)C2)n1. The smallest absolute Gasteiger partial charge is 0.266 e. The molecule has 2 fully saturated rings. The van der Waals surface area contributed by atoms with E-state index < -0.39 is 0 Å². The minimum absolute atomic E-state index is 0.0125. The fraction of sp³-hybridized carbons (Fsp3) is 0.733. The average molecular weight is 277 g/mol. The molecule has 0 radical (unpaired) electrons. The Kier molecular flexibility index (Phi) is 4.17. The largest absolute Gasteiger partial charge is 0.381 e. The summed E-state index contributed by atoms with van der Waals surface area (Å²) in [5.74, 6) is 1.37. The van der Waals surface area contributed by atoms with Gasteiger partial charge in [-0.1, -0.05) is 0 Å². The van der Waals surface area contributed by atoms with Crippen molar-refractivity contribution in [2.45, 2.75) is 26.3 Å². The summed E-state index contributed by atoms with van der Waals surface area (Å²) in [4.78, 5) is 14.2. The summed E-state index contributed by atoms with van der Waals surface area (Å²) in [5.41, 5.74) is 0.918. The number of ether oxygens (including phenoxy) is 1. The van der Waals surface area contributed by atoms with Gasteiger partial charge in [0.25, 0.3) is 5.56 Å². The molecule has 2 aliphatic heterocycles. The van der Waals surface area contributed by atoms with Gasteiger partial charge in [-0.15, -0.1) is 0 Å². The van der Waals surface area contributed by atoms with Gasteiger partial charge in [0, 0.05) is 44.8 Å². The van der Waals surface area contributed by atoms with Crippen LogP contribution >= 0.6 is 0 Å². The first-order valence-corrected chi connectivity index (χ1v) is 7.55. The molecule has 5 nitrogen and oxygen atoms in total. The lowest BCUT2D eigenvalue weighted by Gasteiger charge is -2.41. The van der Waals surface area contributed by atoms with Crippen LogP contribution in [0.2, 0.25) is 0 Å². The van der Waals surface area contributed by atoms with Gasteiger partial charge in [0.15, 0.2) is 0 Å². The number of hydrogen-bond acceptors (Lipinski definition) is 4. The lowest BCUT2D eigenvalue weighted by molar-refractivity contribution is 0.0204. The Labute approximate surface area is 119 Å². The molecule has 0 bridgehead atoms. The summed E-state index contributed by atoms with van der Waals surface area (Å²) < 4.78 is 7.01. The van der Waals surface area contributed by atoms with Gasteiger partial charge in [0.05, 0.1) is 12.2 Å². The maximum atomic E-state index is 11.7. The van der Waals surface area contributed by atoms with Crippen LogP contribution in [0.15, 0.2) is 16.9 Å². The summed E-state index contributed by atoms with van der Waals surface area (Å²) >= 11 is 0. The third kappa shape index (κ3) is 3.27. The van der Waals surface area contributed by atoms with E-state index in [1.807, 2.05) is 6.92 Å². The monoisotopic (exact) mass is 277 g/mol. The van der Waals surface area contributed by atoms with Crippen LogP contribution in [0.5, 0.6) is 0 Å². The Morgan fingerprint density at radius 1 is 1.20 bits per heavy atom. The molecule has 2 saturated heterocycles. The minimum atomic E-state index is 0.0125. The first-order chi connectivity index (χ1) is 9.70. The molecule has 0 amide bonds. The third-order valence-corrected chi connectivity index (χ3v) is 4.32. The third-order valence-electron chi connectivity index (χ3n) is 4.32. The molecule has 5 heteroatoms. The molecule has 0 unspecified atom stereocenters. The van der Waals surface area contributed by atoms with Crippen molar-refractivity contribution in [3.05, 3.63) is 28.2 Å². The molecule has 0 spiro atoms. The van der Waals surface area contributed by atoms with E-state index in [-0.39, 0.29) is 5.56 Å². The van der Waals surface area contributed by atoms with Crippen molar-refractivity contribution < 1.29 is 4.74 Å².